The molecular weight excluding hydrogens is 422 g/mol. The molecule has 8 nitrogen and oxygen atoms in total. The summed E-state index contributed by atoms with van der Waals surface area (Å²) >= 11 is 6.33. The molecule has 9 heteroatoms. The minimum absolute atomic E-state index is 0.0834. The van der Waals surface area contributed by atoms with Crippen LogP contribution in [0, 0.1) is 0 Å². The van der Waals surface area contributed by atoms with Crippen LogP contribution >= 0.6 is 11.6 Å². The lowest BCUT2D eigenvalue weighted by molar-refractivity contribution is -0.142. The molecule has 1 aliphatic rings. The molecule has 0 saturated heterocycles. The minimum atomic E-state index is -0.529. The molecular formula is C22H26ClN3O5. The van der Waals surface area contributed by atoms with E-state index in [0.717, 1.165) is 11.1 Å². The summed E-state index contributed by atoms with van der Waals surface area (Å²) in [4.78, 5) is 25.5. The number of esters is 1. The Hall–Kier alpha value is -2.87. The fourth-order valence-electron chi connectivity index (χ4n) is 3.10. The van der Waals surface area contributed by atoms with Crippen molar-refractivity contribution in [2.75, 3.05) is 19.7 Å². The van der Waals surface area contributed by atoms with Crippen LogP contribution in [0.4, 0.5) is 4.79 Å². The normalized spacial score (nSPS) is 14.2. The molecule has 1 aliphatic heterocycles. The van der Waals surface area contributed by atoms with E-state index in [0.29, 0.717) is 30.1 Å². The minimum Gasteiger partial charge on any atom is -0.466 e. The van der Waals surface area contributed by atoms with Gasteiger partial charge in [0, 0.05) is 23.7 Å². The summed E-state index contributed by atoms with van der Waals surface area (Å²) in [7, 11) is 0. The Labute approximate surface area is 186 Å². The quantitative estimate of drug-likeness (QED) is 0.622. The van der Waals surface area contributed by atoms with Crippen LogP contribution in [0.15, 0.2) is 28.7 Å². The predicted octanol–water partition coefficient (Wildman–Crippen LogP) is 4.52. The Kier molecular flexibility index (Phi) is 7.00. The zero-order valence-corrected chi connectivity index (χ0v) is 18.9. The summed E-state index contributed by atoms with van der Waals surface area (Å²) in [5, 5.41) is 8.46. The zero-order chi connectivity index (χ0) is 22.6. The number of nitrogens with zero attached hydrogens (tertiary/aromatic N) is 3. The van der Waals surface area contributed by atoms with Crippen molar-refractivity contribution in [2.45, 2.75) is 46.1 Å². The maximum atomic E-state index is 12.3. The molecule has 166 valence electrons. The van der Waals surface area contributed by atoms with Crippen LogP contribution < -0.4 is 0 Å². The number of carbonyl (C=O) groups is 2. The van der Waals surface area contributed by atoms with Gasteiger partial charge in [-0.3, -0.25) is 4.79 Å². The zero-order valence-electron chi connectivity index (χ0n) is 18.1. The van der Waals surface area contributed by atoms with E-state index in [9.17, 15) is 9.59 Å². The second kappa shape index (κ2) is 9.51. The molecule has 1 aromatic carbocycles. The molecule has 31 heavy (non-hydrogen) atoms. The number of benzene rings is 1. The average molecular weight is 448 g/mol. The van der Waals surface area contributed by atoms with Crippen molar-refractivity contribution in [1.29, 1.82) is 0 Å². The Bertz CT molecular complexity index is 993. The Morgan fingerprint density at radius 2 is 1.94 bits per heavy atom. The van der Waals surface area contributed by atoms with Crippen molar-refractivity contribution >= 4 is 29.2 Å². The second-order valence-corrected chi connectivity index (χ2v) is 8.55. The van der Waals surface area contributed by atoms with Crippen LogP contribution in [-0.2, 0) is 20.7 Å². The number of halogens is 1. The smallest absolute Gasteiger partial charge is 0.410 e. The van der Waals surface area contributed by atoms with E-state index in [2.05, 4.69) is 10.2 Å². The largest absolute Gasteiger partial charge is 0.466 e. The van der Waals surface area contributed by atoms with Crippen molar-refractivity contribution in [3.8, 4) is 11.5 Å². The average Bonchev–Trinajstić information content (AvgIpc) is 3.15. The summed E-state index contributed by atoms with van der Waals surface area (Å²) in [5.74, 6) is 0.0288. The van der Waals surface area contributed by atoms with Crippen LogP contribution in [-0.4, -0.2) is 52.5 Å². The summed E-state index contributed by atoms with van der Waals surface area (Å²) in [5.41, 5.74) is 2.10. The first kappa shape index (κ1) is 22.8. The monoisotopic (exact) mass is 447 g/mol. The van der Waals surface area contributed by atoms with E-state index in [1.54, 1.807) is 17.9 Å². The maximum Gasteiger partial charge on any atom is 0.410 e. The molecule has 0 aliphatic carbocycles. The van der Waals surface area contributed by atoms with Crippen molar-refractivity contribution in [1.82, 2.24) is 15.1 Å². The molecule has 2 aromatic rings. The molecule has 0 bridgehead atoms. The van der Waals surface area contributed by atoms with Gasteiger partial charge < -0.3 is 18.8 Å². The highest BCUT2D eigenvalue weighted by molar-refractivity contribution is 6.31. The van der Waals surface area contributed by atoms with Gasteiger partial charge in [0.05, 0.1) is 6.61 Å². The number of carbonyl (C=O) groups excluding carboxylic acids is 2. The van der Waals surface area contributed by atoms with Gasteiger partial charge >= 0.3 is 12.1 Å². The Balaban J connectivity index is 1.74. The molecule has 0 fully saturated rings. The van der Waals surface area contributed by atoms with Gasteiger partial charge in [-0.25, -0.2) is 4.79 Å². The molecule has 1 aromatic heterocycles. The number of rotatable bonds is 5. The topological polar surface area (TPSA) is 94.8 Å². The third-order valence-electron chi connectivity index (χ3n) is 4.44. The van der Waals surface area contributed by atoms with E-state index < -0.39 is 11.6 Å². The van der Waals surface area contributed by atoms with Gasteiger partial charge in [0.2, 0.25) is 11.8 Å². The SMILES string of the molecule is CCOC(=O)Cc1nnc(-c2cc(Cl)cc(C3=CCN(C(=O)OC(C)(C)C)CC3)c2)o1. The lowest BCUT2D eigenvalue weighted by atomic mass is 9.98. The first-order valence-corrected chi connectivity index (χ1v) is 10.5. The van der Waals surface area contributed by atoms with Crippen LogP contribution in [0.5, 0.6) is 0 Å². The first-order chi connectivity index (χ1) is 14.6. The van der Waals surface area contributed by atoms with Gasteiger partial charge in [-0.15, -0.1) is 10.2 Å². The predicted molar refractivity (Wildman–Crippen MR) is 115 cm³/mol. The molecule has 0 unspecified atom stereocenters. The lowest BCUT2D eigenvalue weighted by Gasteiger charge is -2.29. The highest BCUT2D eigenvalue weighted by Gasteiger charge is 2.24. The highest BCUT2D eigenvalue weighted by atomic mass is 35.5. The highest BCUT2D eigenvalue weighted by Crippen LogP contribution is 2.30. The number of hydrogen-bond donors (Lipinski definition) is 0. The molecule has 0 N–H and O–H groups in total. The van der Waals surface area contributed by atoms with Crippen molar-refractivity contribution in [3.05, 3.63) is 40.8 Å². The van der Waals surface area contributed by atoms with Crippen LogP contribution in [0.3, 0.4) is 0 Å². The molecule has 2 heterocycles. The van der Waals surface area contributed by atoms with Crippen LogP contribution in [0.1, 0.15) is 45.6 Å². The summed E-state index contributed by atoms with van der Waals surface area (Å²) in [6.45, 7) is 8.57. The van der Waals surface area contributed by atoms with Gasteiger partial charge in [0.15, 0.2) is 0 Å². The third-order valence-corrected chi connectivity index (χ3v) is 4.66. The second-order valence-electron chi connectivity index (χ2n) is 8.12. The number of amides is 1. The number of ether oxygens (including phenoxy) is 2. The standard InChI is InChI=1S/C22H26ClN3O5/c1-5-29-19(27)13-18-24-25-20(30-18)16-10-15(11-17(23)12-16)14-6-8-26(9-7-14)21(28)31-22(2,3)4/h6,10-12H,5,7-9,13H2,1-4H3. The van der Waals surface area contributed by atoms with E-state index in [4.69, 9.17) is 25.5 Å². The molecule has 0 atom stereocenters. The summed E-state index contributed by atoms with van der Waals surface area (Å²) < 4.78 is 15.9. The maximum absolute atomic E-state index is 12.3. The lowest BCUT2D eigenvalue weighted by Crippen LogP contribution is -2.39. The van der Waals surface area contributed by atoms with Crippen molar-refractivity contribution in [2.24, 2.45) is 0 Å². The van der Waals surface area contributed by atoms with Gasteiger partial charge in [-0.05, 0) is 63.5 Å². The van der Waals surface area contributed by atoms with Crippen LogP contribution in [0.2, 0.25) is 5.02 Å². The molecule has 0 radical (unpaired) electrons. The van der Waals surface area contributed by atoms with Crippen LogP contribution in [0.25, 0.3) is 17.0 Å². The third kappa shape index (κ3) is 6.30. The van der Waals surface area contributed by atoms with Crippen molar-refractivity contribution in [3.63, 3.8) is 0 Å². The van der Waals surface area contributed by atoms with Gasteiger partial charge in [-0.1, -0.05) is 17.7 Å². The van der Waals surface area contributed by atoms with E-state index in [-0.39, 0.29) is 30.9 Å². The molecule has 1 amide bonds. The first-order valence-electron chi connectivity index (χ1n) is 10.1. The van der Waals surface area contributed by atoms with E-state index >= 15 is 0 Å². The van der Waals surface area contributed by atoms with Gasteiger partial charge in [0.1, 0.15) is 12.0 Å². The fourth-order valence-corrected chi connectivity index (χ4v) is 3.33. The summed E-state index contributed by atoms with van der Waals surface area (Å²) in [6, 6.07) is 5.49. The molecule has 3 rings (SSSR count). The Morgan fingerprint density at radius 3 is 2.58 bits per heavy atom. The molecule has 0 saturated carbocycles. The summed E-state index contributed by atoms with van der Waals surface area (Å²) in [6.07, 6.45) is 2.24. The Morgan fingerprint density at radius 1 is 1.19 bits per heavy atom. The number of hydrogen-bond acceptors (Lipinski definition) is 7. The van der Waals surface area contributed by atoms with E-state index in [1.807, 2.05) is 39.0 Å². The van der Waals surface area contributed by atoms with Crippen molar-refractivity contribution < 1.29 is 23.5 Å². The molecule has 0 spiro atoms. The van der Waals surface area contributed by atoms with Gasteiger partial charge in [0.25, 0.3) is 0 Å². The van der Waals surface area contributed by atoms with Gasteiger partial charge in [-0.2, -0.15) is 0 Å². The van der Waals surface area contributed by atoms with E-state index in [1.165, 1.54) is 0 Å². The number of aromatic nitrogens is 2. The fraction of sp³-hybridized carbons (Fsp3) is 0.455.